The number of hydrogen-bond acceptors (Lipinski definition) is 3. The summed E-state index contributed by atoms with van der Waals surface area (Å²) in [7, 11) is 0. The highest BCUT2D eigenvalue weighted by Gasteiger charge is 2.14. The molecule has 4 nitrogen and oxygen atoms in total. The topological polar surface area (TPSA) is 57.8 Å². The number of fused-ring (bicyclic) bond motifs is 2. The summed E-state index contributed by atoms with van der Waals surface area (Å²) in [6.07, 6.45) is 8.47. The number of pyridine rings is 1. The second-order valence-electron chi connectivity index (χ2n) is 9.74. The summed E-state index contributed by atoms with van der Waals surface area (Å²) in [6, 6.07) is 9.74. The lowest BCUT2D eigenvalue weighted by atomic mass is 10.00. The minimum absolute atomic E-state index is 0.117. The lowest BCUT2D eigenvalue weighted by Crippen LogP contribution is -2.11. The van der Waals surface area contributed by atoms with Crippen LogP contribution in [0.2, 0.25) is 0 Å². The molecule has 4 rings (SSSR count). The molecule has 35 heavy (non-hydrogen) atoms. The van der Waals surface area contributed by atoms with Crippen molar-refractivity contribution in [2.75, 3.05) is 5.32 Å². The molecule has 2 aromatic heterocycles. The van der Waals surface area contributed by atoms with Gasteiger partial charge in [-0.05, 0) is 100 Å². The number of nitrogens with one attached hydrogen (secondary N) is 2. The minimum Gasteiger partial charge on any atom is -0.382 e. The molecule has 182 valence electrons. The third kappa shape index (κ3) is 5.45. The molecule has 4 aromatic rings. The van der Waals surface area contributed by atoms with E-state index in [9.17, 15) is 9.18 Å². The summed E-state index contributed by atoms with van der Waals surface area (Å²) in [5.74, 6) is -0.0992. The van der Waals surface area contributed by atoms with Gasteiger partial charge in [-0.3, -0.25) is 9.78 Å². The van der Waals surface area contributed by atoms with Crippen LogP contribution in [-0.4, -0.2) is 21.8 Å². The predicted octanol–water partition coefficient (Wildman–Crippen LogP) is 7.60. The first-order chi connectivity index (χ1) is 16.7. The van der Waals surface area contributed by atoms with Crippen LogP contribution in [-0.2, 0) is 11.2 Å². The number of aromatic amines is 1. The lowest BCUT2D eigenvalue weighted by molar-refractivity contribution is -0.114. The molecule has 0 saturated heterocycles. The van der Waals surface area contributed by atoms with E-state index in [-0.39, 0.29) is 11.6 Å². The van der Waals surface area contributed by atoms with Gasteiger partial charge in [0.05, 0.1) is 11.0 Å². The van der Waals surface area contributed by atoms with Crippen molar-refractivity contribution < 1.29 is 9.18 Å². The van der Waals surface area contributed by atoms with E-state index in [2.05, 4.69) is 42.1 Å². The van der Waals surface area contributed by atoms with Crippen LogP contribution in [0, 0.1) is 26.6 Å². The van der Waals surface area contributed by atoms with Crippen molar-refractivity contribution in [3.05, 3.63) is 76.4 Å². The number of carbonyl (C=O) groups excluding carboxylic acids is 1. The summed E-state index contributed by atoms with van der Waals surface area (Å²) in [4.78, 5) is 20.2. The molecule has 0 unspecified atom stereocenters. The second kappa shape index (κ2) is 10.4. The van der Waals surface area contributed by atoms with Crippen molar-refractivity contribution in [3.63, 3.8) is 0 Å². The van der Waals surface area contributed by atoms with Gasteiger partial charge in [0.2, 0.25) is 0 Å². The molecular formula is C30H34FN3O. The number of carbonyl (C=O) groups is 1. The minimum atomic E-state index is -0.216. The number of halogens is 1. The monoisotopic (exact) mass is 471 g/mol. The molecular weight excluding hydrogens is 437 g/mol. The first kappa shape index (κ1) is 24.6. The van der Waals surface area contributed by atoms with Crippen LogP contribution in [0.15, 0.2) is 42.6 Å². The fourth-order valence-corrected chi connectivity index (χ4v) is 4.72. The Kier molecular flexibility index (Phi) is 7.34. The van der Waals surface area contributed by atoms with Crippen LogP contribution >= 0.6 is 0 Å². The molecule has 5 heteroatoms. The molecule has 2 aromatic carbocycles. The van der Waals surface area contributed by atoms with Crippen LogP contribution in [0.1, 0.15) is 61.1 Å². The zero-order valence-corrected chi connectivity index (χ0v) is 21.3. The largest absolute Gasteiger partial charge is 0.382 e. The number of ketones is 1. The van der Waals surface area contributed by atoms with E-state index in [1.54, 1.807) is 6.08 Å². The first-order valence-electron chi connectivity index (χ1n) is 12.4. The number of nitrogens with zero attached hydrogens (tertiary/aromatic N) is 1. The van der Waals surface area contributed by atoms with Crippen molar-refractivity contribution in [3.8, 4) is 0 Å². The third-order valence-corrected chi connectivity index (χ3v) is 6.51. The van der Waals surface area contributed by atoms with Gasteiger partial charge in [0.25, 0.3) is 0 Å². The van der Waals surface area contributed by atoms with E-state index in [0.29, 0.717) is 18.0 Å². The molecule has 0 atom stereocenters. The van der Waals surface area contributed by atoms with E-state index in [1.807, 2.05) is 44.3 Å². The summed E-state index contributed by atoms with van der Waals surface area (Å²) < 4.78 is 14.2. The average molecular weight is 472 g/mol. The number of unbranched alkanes of at least 4 members (excludes halogenated alkanes) is 1. The number of hydrogen-bond donors (Lipinski definition) is 2. The molecule has 2 N–H and O–H groups in total. The molecule has 0 aliphatic carbocycles. The molecule has 0 spiro atoms. The Morgan fingerprint density at radius 2 is 1.91 bits per heavy atom. The normalized spacial score (nSPS) is 11.9. The fourth-order valence-electron chi connectivity index (χ4n) is 4.72. The fraction of sp³-hybridized carbons (Fsp3) is 0.333. The van der Waals surface area contributed by atoms with Crippen molar-refractivity contribution in [2.24, 2.45) is 0 Å². The Morgan fingerprint density at radius 3 is 2.69 bits per heavy atom. The average Bonchev–Trinajstić information content (AvgIpc) is 3.16. The van der Waals surface area contributed by atoms with Crippen LogP contribution < -0.4 is 5.32 Å². The van der Waals surface area contributed by atoms with Gasteiger partial charge in [-0.1, -0.05) is 18.2 Å². The van der Waals surface area contributed by atoms with Crippen molar-refractivity contribution >= 4 is 39.4 Å². The van der Waals surface area contributed by atoms with Gasteiger partial charge in [0, 0.05) is 40.8 Å². The Hall–Kier alpha value is -3.47. The number of anilines is 1. The standard InChI is InChI=1S/C30H34FN3O/c1-18(2)33-29-20(4)17-32-27-15-12-22(16-25(27)29)11-13-23(35)8-6-7-9-24-21(5)34-30-26(31)14-10-19(3)28(24)30/h10-18,34H,6-9H2,1-5H3,(H,32,33)/b13-11+. The molecule has 0 amide bonds. The number of aromatic nitrogens is 2. The van der Waals surface area contributed by atoms with Crippen molar-refractivity contribution in [2.45, 2.75) is 66.3 Å². The first-order valence-corrected chi connectivity index (χ1v) is 12.4. The number of aryl methyl sites for hydroxylation is 4. The highest BCUT2D eigenvalue weighted by Crippen LogP contribution is 2.29. The van der Waals surface area contributed by atoms with Crippen molar-refractivity contribution in [1.82, 2.24) is 9.97 Å². The SMILES string of the molecule is Cc1cnc2ccc(/C=C/C(=O)CCCCc3c(C)[nH]c4c(F)ccc(C)c34)cc2c1NC(C)C. The highest BCUT2D eigenvalue weighted by molar-refractivity contribution is 5.97. The van der Waals surface area contributed by atoms with Crippen LogP contribution in [0.5, 0.6) is 0 Å². The van der Waals surface area contributed by atoms with Gasteiger partial charge in [0.15, 0.2) is 5.78 Å². The summed E-state index contributed by atoms with van der Waals surface area (Å²) in [5.41, 5.74) is 7.94. The van der Waals surface area contributed by atoms with Gasteiger partial charge < -0.3 is 10.3 Å². The van der Waals surface area contributed by atoms with Gasteiger partial charge in [0.1, 0.15) is 5.82 Å². The molecule has 0 aliphatic rings. The maximum absolute atomic E-state index is 14.2. The maximum Gasteiger partial charge on any atom is 0.155 e. The highest BCUT2D eigenvalue weighted by atomic mass is 19.1. The van der Waals surface area contributed by atoms with E-state index < -0.39 is 0 Å². The second-order valence-corrected chi connectivity index (χ2v) is 9.74. The Balaban J connectivity index is 1.38. The zero-order chi connectivity index (χ0) is 25.1. The smallest absolute Gasteiger partial charge is 0.155 e. The van der Waals surface area contributed by atoms with E-state index in [4.69, 9.17) is 0 Å². The van der Waals surface area contributed by atoms with Gasteiger partial charge in [-0.2, -0.15) is 0 Å². The van der Waals surface area contributed by atoms with Gasteiger partial charge in [-0.25, -0.2) is 4.39 Å². The van der Waals surface area contributed by atoms with Gasteiger partial charge in [-0.15, -0.1) is 0 Å². The van der Waals surface area contributed by atoms with Crippen LogP contribution in [0.3, 0.4) is 0 Å². The summed E-state index contributed by atoms with van der Waals surface area (Å²) in [5, 5.41) is 5.57. The quantitative estimate of drug-likeness (QED) is 0.195. The number of rotatable bonds is 9. The number of benzene rings is 2. The summed E-state index contributed by atoms with van der Waals surface area (Å²) >= 11 is 0. The zero-order valence-electron chi connectivity index (χ0n) is 21.3. The molecule has 0 fully saturated rings. The molecule has 0 radical (unpaired) electrons. The van der Waals surface area contributed by atoms with Gasteiger partial charge >= 0.3 is 0 Å². The van der Waals surface area contributed by atoms with E-state index in [1.165, 1.54) is 6.07 Å². The molecule has 0 bridgehead atoms. The number of allylic oxidation sites excluding steroid dienone is 1. The maximum atomic E-state index is 14.2. The van der Waals surface area contributed by atoms with E-state index >= 15 is 0 Å². The van der Waals surface area contributed by atoms with E-state index in [0.717, 1.165) is 69.2 Å². The molecule has 0 aliphatic heterocycles. The molecule has 2 heterocycles. The third-order valence-electron chi connectivity index (χ3n) is 6.51. The lowest BCUT2D eigenvalue weighted by Gasteiger charge is -2.15. The van der Waals surface area contributed by atoms with Crippen LogP contribution in [0.25, 0.3) is 27.9 Å². The Morgan fingerprint density at radius 1 is 1.11 bits per heavy atom. The summed E-state index contributed by atoms with van der Waals surface area (Å²) in [6.45, 7) is 10.3. The van der Waals surface area contributed by atoms with Crippen molar-refractivity contribution in [1.29, 1.82) is 0 Å². The Labute approximate surface area is 206 Å². The molecule has 0 saturated carbocycles. The predicted molar refractivity (Wildman–Crippen MR) is 145 cm³/mol. The Bertz CT molecular complexity index is 1410. The number of H-pyrrole nitrogens is 1. The van der Waals surface area contributed by atoms with Crippen LogP contribution in [0.4, 0.5) is 10.1 Å².